The molecule has 1 heterocycles. The molecule has 0 saturated heterocycles. The maximum Gasteiger partial charge on any atom is 0.183 e. The van der Waals surface area contributed by atoms with Crippen LogP contribution in [0.15, 0.2) is 48.5 Å². The number of rotatable bonds is 5. The van der Waals surface area contributed by atoms with Crippen molar-refractivity contribution in [1.29, 1.82) is 0 Å². The van der Waals surface area contributed by atoms with Gasteiger partial charge >= 0.3 is 0 Å². The highest BCUT2D eigenvalue weighted by molar-refractivity contribution is 7.22. The average Bonchev–Trinajstić information content (AvgIpc) is 2.89. The molecule has 108 valence electrons. The van der Waals surface area contributed by atoms with Crippen LogP contribution >= 0.6 is 11.3 Å². The standard InChI is InChI=1S/C18H20N2S/c1-13-8-9-16-17(12-13)21-18(20-16)19-11-10-14(2)15-6-4-3-5-7-15/h3-9,12,14H,10-11H2,1-2H3,(H,19,20). The third kappa shape index (κ3) is 3.42. The summed E-state index contributed by atoms with van der Waals surface area (Å²) in [6, 6.07) is 17.1. The molecule has 0 aliphatic rings. The van der Waals surface area contributed by atoms with Crippen LogP contribution < -0.4 is 5.32 Å². The van der Waals surface area contributed by atoms with Crippen LogP contribution in [0.25, 0.3) is 10.2 Å². The van der Waals surface area contributed by atoms with E-state index in [-0.39, 0.29) is 0 Å². The fraction of sp³-hybridized carbons (Fsp3) is 0.278. The van der Waals surface area contributed by atoms with Gasteiger partial charge in [0, 0.05) is 6.54 Å². The molecule has 0 bridgehead atoms. The van der Waals surface area contributed by atoms with E-state index in [9.17, 15) is 0 Å². The van der Waals surface area contributed by atoms with Gasteiger partial charge in [0.25, 0.3) is 0 Å². The number of aromatic nitrogens is 1. The Bertz CT molecular complexity index is 718. The van der Waals surface area contributed by atoms with Crippen molar-refractivity contribution in [2.75, 3.05) is 11.9 Å². The lowest BCUT2D eigenvalue weighted by atomic mass is 9.98. The van der Waals surface area contributed by atoms with Crippen LogP contribution in [-0.4, -0.2) is 11.5 Å². The molecule has 2 nitrogen and oxygen atoms in total. The Morgan fingerprint density at radius 3 is 2.76 bits per heavy atom. The fourth-order valence-corrected chi connectivity index (χ4v) is 3.44. The Hall–Kier alpha value is -1.87. The van der Waals surface area contributed by atoms with Crippen molar-refractivity contribution in [3.05, 3.63) is 59.7 Å². The number of thiazole rings is 1. The van der Waals surface area contributed by atoms with Crippen LogP contribution in [0.3, 0.4) is 0 Å². The van der Waals surface area contributed by atoms with Gasteiger partial charge in [0.1, 0.15) is 0 Å². The number of hydrogen-bond acceptors (Lipinski definition) is 3. The van der Waals surface area contributed by atoms with Gasteiger partial charge in [-0.05, 0) is 42.5 Å². The zero-order chi connectivity index (χ0) is 14.7. The van der Waals surface area contributed by atoms with Crippen molar-refractivity contribution in [3.63, 3.8) is 0 Å². The second kappa shape index (κ2) is 6.27. The smallest absolute Gasteiger partial charge is 0.183 e. The summed E-state index contributed by atoms with van der Waals surface area (Å²) in [5.41, 5.74) is 3.78. The molecular weight excluding hydrogens is 276 g/mol. The lowest BCUT2D eigenvalue weighted by molar-refractivity contribution is 0.706. The molecule has 0 fully saturated rings. The van der Waals surface area contributed by atoms with Gasteiger partial charge in [0.2, 0.25) is 0 Å². The van der Waals surface area contributed by atoms with Crippen molar-refractivity contribution < 1.29 is 0 Å². The molecule has 0 amide bonds. The van der Waals surface area contributed by atoms with E-state index in [4.69, 9.17) is 0 Å². The number of nitrogens with zero attached hydrogens (tertiary/aromatic N) is 1. The number of benzene rings is 2. The van der Waals surface area contributed by atoms with Gasteiger partial charge in [-0.15, -0.1) is 0 Å². The largest absolute Gasteiger partial charge is 0.361 e. The molecule has 1 aromatic heterocycles. The van der Waals surface area contributed by atoms with Gasteiger partial charge in [-0.3, -0.25) is 0 Å². The highest BCUT2D eigenvalue weighted by Gasteiger charge is 2.06. The summed E-state index contributed by atoms with van der Waals surface area (Å²) in [4.78, 5) is 4.63. The zero-order valence-electron chi connectivity index (χ0n) is 12.5. The molecule has 1 N–H and O–H groups in total. The Balaban J connectivity index is 1.59. The molecule has 1 unspecified atom stereocenters. The summed E-state index contributed by atoms with van der Waals surface area (Å²) in [6.07, 6.45) is 1.11. The van der Waals surface area contributed by atoms with Gasteiger partial charge in [-0.1, -0.05) is 54.7 Å². The van der Waals surface area contributed by atoms with Crippen LogP contribution in [0.4, 0.5) is 5.13 Å². The number of anilines is 1. The first-order valence-corrected chi connectivity index (χ1v) is 8.20. The van der Waals surface area contributed by atoms with Crippen molar-refractivity contribution in [2.45, 2.75) is 26.2 Å². The van der Waals surface area contributed by atoms with Crippen LogP contribution in [0.2, 0.25) is 0 Å². The first-order chi connectivity index (χ1) is 10.2. The number of aryl methyl sites for hydroxylation is 1. The van der Waals surface area contributed by atoms with E-state index in [0.29, 0.717) is 5.92 Å². The highest BCUT2D eigenvalue weighted by atomic mass is 32.1. The van der Waals surface area contributed by atoms with Gasteiger partial charge < -0.3 is 5.32 Å². The maximum atomic E-state index is 4.63. The van der Waals surface area contributed by atoms with E-state index in [1.165, 1.54) is 15.8 Å². The molecule has 0 saturated carbocycles. The van der Waals surface area contributed by atoms with Crippen molar-refractivity contribution in [1.82, 2.24) is 4.98 Å². The van der Waals surface area contributed by atoms with Gasteiger partial charge in [-0.2, -0.15) is 0 Å². The Morgan fingerprint density at radius 1 is 1.14 bits per heavy atom. The summed E-state index contributed by atoms with van der Waals surface area (Å²) in [6.45, 7) is 5.35. The average molecular weight is 296 g/mol. The quantitative estimate of drug-likeness (QED) is 0.699. The first kappa shape index (κ1) is 14.1. The molecule has 21 heavy (non-hydrogen) atoms. The van der Waals surface area contributed by atoms with E-state index in [1.54, 1.807) is 11.3 Å². The summed E-state index contributed by atoms with van der Waals surface area (Å²) in [5, 5.41) is 4.49. The molecular formula is C18H20N2S. The third-order valence-corrected chi connectivity index (χ3v) is 4.74. The molecule has 0 aliphatic carbocycles. The maximum absolute atomic E-state index is 4.63. The monoisotopic (exact) mass is 296 g/mol. The van der Waals surface area contributed by atoms with E-state index in [1.807, 2.05) is 0 Å². The summed E-state index contributed by atoms with van der Waals surface area (Å²) in [7, 11) is 0. The molecule has 1 atom stereocenters. The summed E-state index contributed by atoms with van der Waals surface area (Å²) in [5.74, 6) is 0.565. The van der Waals surface area contributed by atoms with Gasteiger partial charge in [0.05, 0.1) is 10.2 Å². The summed E-state index contributed by atoms with van der Waals surface area (Å²) >= 11 is 1.74. The lowest BCUT2D eigenvalue weighted by Gasteiger charge is -2.11. The molecule has 0 radical (unpaired) electrons. The second-order valence-electron chi connectivity index (χ2n) is 5.52. The molecule has 0 aliphatic heterocycles. The van der Waals surface area contributed by atoms with Crippen LogP contribution in [-0.2, 0) is 0 Å². The number of fused-ring (bicyclic) bond motifs is 1. The third-order valence-electron chi connectivity index (χ3n) is 3.77. The first-order valence-electron chi connectivity index (χ1n) is 7.38. The minimum atomic E-state index is 0.565. The zero-order valence-corrected chi connectivity index (χ0v) is 13.3. The van der Waals surface area contributed by atoms with Crippen molar-refractivity contribution in [2.24, 2.45) is 0 Å². The number of hydrogen-bond donors (Lipinski definition) is 1. The van der Waals surface area contributed by atoms with Crippen LogP contribution in [0.1, 0.15) is 30.4 Å². The Labute approximate surface area is 129 Å². The Kier molecular flexibility index (Phi) is 4.20. The van der Waals surface area contributed by atoms with Gasteiger partial charge in [0.15, 0.2) is 5.13 Å². The predicted octanol–water partition coefficient (Wildman–Crippen LogP) is 5.21. The number of nitrogens with one attached hydrogen (secondary N) is 1. The highest BCUT2D eigenvalue weighted by Crippen LogP contribution is 2.27. The minimum absolute atomic E-state index is 0.565. The minimum Gasteiger partial charge on any atom is -0.361 e. The predicted molar refractivity (Wildman–Crippen MR) is 92.3 cm³/mol. The molecule has 3 rings (SSSR count). The SMILES string of the molecule is Cc1ccc2nc(NCCC(C)c3ccccc3)sc2c1. The Morgan fingerprint density at radius 2 is 1.95 bits per heavy atom. The topological polar surface area (TPSA) is 24.9 Å². The van der Waals surface area contributed by atoms with Gasteiger partial charge in [-0.25, -0.2) is 4.98 Å². The van der Waals surface area contributed by atoms with E-state index in [2.05, 4.69) is 72.7 Å². The molecule has 2 aromatic carbocycles. The molecule has 3 aromatic rings. The van der Waals surface area contributed by atoms with E-state index < -0.39 is 0 Å². The van der Waals surface area contributed by atoms with Crippen molar-refractivity contribution >= 4 is 26.7 Å². The molecule has 3 heteroatoms. The lowest BCUT2D eigenvalue weighted by Crippen LogP contribution is -2.05. The second-order valence-corrected chi connectivity index (χ2v) is 6.55. The van der Waals surface area contributed by atoms with E-state index in [0.717, 1.165) is 23.6 Å². The molecule has 0 spiro atoms. The van der Waals surface area contributed by atoms with Crippen molar-refractivity contribution in [3.8, 4) is 0 Å². The van der Waals surface area contributed by atoms with E-state index >= 15 is 0 Å². The normalized spacial score (nSPS) is 12.5. The summed E-state index contributed by atoms with van der Waals surface area (Å²) < 4.78 is 1.26. The van der Waals surface area contributed by atoms with Crippen LogP contribution in [0.5, 0.6) is 0 Å². The van der Waals surface area contributed by atoms with Crippen LogP contribution in [0, 0.1) is 6.92 Å². The fourth-order valence-electron chi connectivity index (χ4n) is 2.45.